The lowest BCUT2D eigenvalue weighted by Crippen LogP contribution is -2.53. The number of carboxylic acids is 1. The van der Waals surface area contributed by atoms with Gasteiger partial charge in [-0.1, -0.05) is 67.0 Å². The SMILES string of the molecule is CCN(COC/C(C)=C/CC[P+]([O-])=N[C@](C)(Oc1ccccc1)C(=O)O)C(=O)OCc1ccc(NC(=O)[C@H](C)NC(=O)[C@@H](NC(=O)CCCCCN2C(=O)C=CC2=O)C(C)C)cc1. The number of allylic oxidation sites excluding steroid dienone is 1. The van der Waals surface area contributed by atoms with Crippen LogP contribution in [0.1, 0.15) is 79.2 Å². The molecule has 1 heterocycles. The molecule has 18 nitrogen and oxygen atoms in total. The molecule has 0 fully saturated rings. The molecule has 1 aliphatic rings. The van der Waals surface area contributed by atoms with Crippen LogP contribution in [0.5, 0.6) is 5.75 Å². The van der Waals surface area contributed by atoms with Crippen LogP contribution in [0.2, 0.25) is 0 Å². The van der Waals surface area contributed by atoms with Gasteiger partial charge in [-0.15, -0.1) is 0 Å². The van der Waals surface area contributed by atoms with Crippen LogP contribution in [0.15, 0.2) is 83.1 Å². The van der Waals surface area contributed by atoms with E-state index in [1.54, 1.807) is 81.4 Å². The Morgan fingerprint density at radius 2 is 1.62 bits per heavy atom. The summed E-state index contributed by atoms with van der Waals surface area (Å²) in [4.78, 5) is 102. The Morgan fingerprint density at radius 3 is 2.24 bits per heavy atom. The Morgan fingerprint density at radius 1 is 0.952 bits per heavy atom. The van der Waals surface area contributed by atoms with Crippen molar-refractivity contribution in [3.8, 4) is 5.75 Å². The molecule has 0 bridgehead atoms. The molecule has 1 unspecified atom stereocenters. The van der Waals surface area contributed by atoms with Crippen molar-refractivity contribution in [2.45, 2.75) is 98.1 Å². The van der Waals surface area contributed by atoms with Gasteiger partial charge in [0.15, 0.2) is 7.94 Å². The zero-order chi connectivity index (χ0) is 46.5. The van der Waals surface area contributed by atoms with Crippen LogP contribution in [0.25, 0.3) is 0 Å². The summed E-state index contributed by atoms with van der Waals surface area (Å²) < 4.78 is 20.6. The molecule has 2 aromatic carbocycles. The number of para-hydroxylation sites is 1. The number of hydrogen-bond donors (Lipinski definition) is 4. The molecule has 0 aliphatic carbocycles. The molecule has 342 valence electrons. The van der Waals surface area contributed by atoms with Crippen molar-refractivity contribution in [1.82, 2.24) is 20.4 Å². The maximum absolute atomic E-state index is 13.1. The molecular formula is C44H59N6O12P. The van der Waals surface area contributed by atoms with Crippen LogP contribution in [-0.2, 0) is 44.8 Å². The highest BCUT2D eigenvalue weighted by Gasteiger charge is 2.39. The van der Waals surface area contributed by atoms with Crippen molar-refractivity contribution in [2.24, 2.45) is 10.7 Å². The Hall–Kier alpha value is -5.97. The topological polar surface area (TPSA) is 245 Å². The molecule has 0 spiro atoms. The van der Waals surface area contributed by atoms with Crippen LogP contribution in [-0.4, -0.2) is 107 Å². The molecule has 2 aromatic rings. The Bertz CT molecular complexity index is 1970. The first-order chi connectivity index (χ1) is 29.9. The van der Waals surface area contributed by atoms with Crippen LogP contribution in [0.3, 0.4) is 0 Å². The first-order valence-electron chi connectivity index (χ1n) is 20.8. The standard InChI is InChI=1S/C44H59N6O12P/c1-7-49(29-60-27-31(4)15-14-26-63(59)48-44(6,42(56)57)62-35-16-10-8-11-17-35)43(58)61-28-33-19-21-34(22-20-33)46-40(54)32(5)45-41(55)39(30(2)3)47-36(51)18-12-9-13-25-50-37(52)23-24-38(50)53/h8,10-11,15-17,19-24,30,32,39H,7,9,12-14,18,25-29H2,1-6H3,(H,45,55)(H,46,54)(H,47,51)(H,56,57)/b31-15+/t32-,39-,44+/m0/s1. The number of rotatable bonds is 26. The number of carbonyl (C=O) groups is 7. The second kappa shape index (κ2) is 25.8. The number of amides is 6. The zero-order valence-corrected chi connectivity index (χ0v) is 37.6. The molecule has 3 rings (SSSR count). The summed E-state index contributed by atoms with van der Waals surface area (Å²) in [5.74, 6) is -3.33. The number of unbranched alkanes of at least 4 members (excludes halogenated alkanes) is 2. The number of aliphatic carboxylic acids is 1. The van der Waals surface area contributed by atoms with Crippen molar-refractivity contribution in [3.05, 3.63) is 84.0 Å². The van der Waals surface area contributed by atoms with Gasteiger partial charge in [-0.05, 0) is 69.4 Å². The highest BCUT2D eigenvalue weighted by Crippen LogP contribution is 2.28. The molecule has 63 heavy (non-hydrogen) atoms. The van der Waals surface area contributed by atoms with E-state index >= 15 is 0 Å². The maximum Gasteiger partial charge on any atom is 0.411 e. The van der Waals surface area contributed by atoms with E-state index in [4.69, 9.17) is 14.2 Å². The molecular weight excluding hydrogens is 835 g/mol. The fraction of sp³-hybridized carbons (Fsp3) is 0.477. The summed E-state index contributed by atoms with van der Waals surface area (Å²) in [7, 11) is -2.25. The van der Waals surface area contributed by atoms with Crippen molar-refractivity contribution in [3.63, 3.8) is 0 Å². The van der Waals surface area contributed by atoms with Gasteiger partial charge in [0.2, 0.25) is 17.7 Å². The zero-order valence-electron chi connectivity index (χ0n) is 36.7. The van der Waals surface area contributed by atoms with Crippen LogP contribution < -0.4 is 25.6 Å². The first-order valence-corrected chi connectivity index (χ1v) is 22.1. The van der Waals surface area contributed by atoms with Gasteiger partial charge in [-0.2, -0.15) is 0 Å². The minimum Gasteiger partial charge on any atom is -0.612 e. The van der Waals surface area contributed by atoms with Crippen LogP contribution in [0.4, 0.5) is 10.5 Å². The highest BCUT2D eigenvalue weighted by molar-refractivity contribution is 7.39. The van der Waals surface area contributed by atoms with Crippen LogP contribution in [0, 0.1) is 5.92 Å². The molecule has 19 heteroatoms. The number of ether oxygens (including phenoxy) is 3. The molecule has 4 N–H and O–H groups in total. The summed E-state index contributed by atoms with van der Waals surface area (Å²) >= 11 is 0. The largest absolute Gasteiger partial charge is 0.612 e. The second-order valence-electron chi connectivity index (χ2n) is 15.3. The number of hydrogen-bond acceptors (Lipinski definition) is 12. The quantitative estimate of drug-likeness (QED) is 0.0326. The van der Waals surface area contributed by atoms with E-state index in [0.717, 1.165) is 10.5 Å². The summed E-state index contributed by atoms with van der Waals surface area (Å²) in [5.41, 5.74) is -0.0944. The van der Waals surface area contributed by atoms with E-state index in [9.17, 15) is 43.6 Å². The highest BCUT2D eigenvalue weighted by atomic mass is 31.1. The van der Waals surface area contributed by atoms with Crippen molar-refractivity contribution >= 4 is 55.2 Å². The Kier molecular flexibility index (Phi) is 21.1. The van der Waals surface area contributed by atoms with Gasteiger partial charge in [0.25, 0.3) is 11.8 Å². The van der Waals surface area contributed by atoms with Crippen molar-refractivity contribution in [2.75, 3.05) is 37.9 Å². The van der Waals surface area contributed by atoms with E-state index in [-0.39, 0.29) is 62.7 Å². The van der Waals surface area contributed by atoms with Crippen LogP contribution >= 0.6 is 7.94 Å². The van der Waals surface area contributed by atoms with Crippen molar-refractivity contribution < 1.29 is 57.8 Å². The lowest BCUT2D eigenvalue weighted by Gasteiger charge is -2.24. The predicted octanol–water partition coefficient (Wildman–Crippen LogP) is 4.85. The van der Waals surface area contributed by atoms with Gasteiger partial charge in [0, 0.05) is 50.7 Å². The number of benzene rings is 2. The number of carboxylic acid groups (broad SMARTS) is 1. The fourth-order valence-corrected chi connectivity index (χ4v) is 6.86. The molecule has 4 atom stereocenters. The van der Waals surface area contributed by atoms with E-state index in [2.05, 4.69) is 20.7 Å². The minimum absolute atomic E-state index is 0.0455. The molecule has 0 saturated heterocycles. The van der Waals surface area contributed by atoms with Gasteiger partial charge in [0.1, 0.15) is 37.3 Å². The normalized spacial score (nSPS) is 14.8. The molecule has 0 aromatic heterocycles. The Labute approximate surface area is 369 Å². The minimum atomic E-state index is -2.25. The van der Waals surface area contributed by atoms with Gasteiger partial charge in [0.05, 0.1) is 6.61 Å². The first kappa shape index (κ1) is 51.4. The number of imide groups is 1. The van der Waals surface area contributed by atoms with E-state index in [0.29, 0.717) is 49.2 Å². The predicted molar refractivity (Wildman–Crippen MR) is 233 cm³/mol. The third-order valence-electron chi connectivity index (χ3n) is 9.58. The smallest absolute Gasteiger partial charge is 0.411 e. The van der Waals surface area contributed by atoms with E-state index < -0.39 is 49.6 Å². The summed E-state index contributed by atoms with van der Waals surface area (Å²) in [6.45, 7) is 10.6. The molecule has 1 aliphatic heterocycles. The van der Waals surface area contributed by atoms with Gasteiger partial charge < -0.3 is 40.2 Å². The monoisotopic (exact) mass is 894 g/mol. The number of nitrogens with one attached hydrogen (secondary N) is 3. The number of nitrogens with zero attached hydrogens (tertiary/aromatic N) is 3. The summed E-state index contributed by atoms with van der Waals surface area (Å²) in [5, 5.41) is 17.8. The summed E-state index contributed by atoms with van der Waals surface area (Å²) in [6, 6.07) is 13.1. The molecule has 0 radical (unpaired) electrons. The molecule has 0 saturated carbocycles. The lowest BCUT2D eigenvalue weighted by atomic mass is 10.0. The number of carbonyl (C=O) groups excluding carboxylic acids is 6. The van der Waals surface area contributed by atoms with Gasteiger partial charge in [-0.25, -0.2) is 9.59 Å². The van der Waals surface area contributed by atoms with Gasteiger partial charge >= 0.3 is 17.8 Å². The average Bonchev–Trinajstić information content (AvgIpc) is 3.56. The number of anilines is 1. The second-order valence-corrected chi connectivity index (χ2v) is 16.6. The van der Waals surface area contributed by atoms with E-state index in [1.165, 1.54) is 30.9 Å². The third kappa shape index (κ3) is 17.7. The van der Waals surface area contributed by atoms with E-state index in [1.807, 2.05) is 6.92 Å². The fourth-order valence-electron chi connectivity index (χ4n) is 5.86. The van der Waals surface area contributed by atoms with Gasteiger partial charge in [-0.3, -0.25) is 33.8 Å². The Balaban J connectivity index is 1.36. The summed E-state index contributed by atoms with van der Waals surface area (Å²) in [6.07, 6.45) is 5.96. The lowest BCUT2D eigenvalue weighted by molar-refractivity contribution is -0.162. The average molecular weight is 895 g/mol. The van der Waals surface area contributed by atoms with Crippen molar-refractivity contribution in [1.29, 1.82) is 0 Å². The third-order valence-corrected chi connectivity index (χ3v) is 10.8. The maximum atomic E-state index is 13.1. The molecule has 6 amide bonds.